The molecule has 2 aromatic heterocycles. The van der Waals surface area contributed by atoms with Crippen molar-refractivity contribution in [3.05, 3.63) is 47.1 Å². The quantitative estimate of drug-likeness (QED) is 0.432. The van der Waals surface area contributed by atoms with E-state index in [1.807, 2.05) is 0 Å². The van der Waals surface area contributed by atoms with Crippen LogP contribution in [0.5, 0.6) is 11.5 Å². The third-order valence-electron chi connectivity index (χ3n) is 3.95. The van der Waals surface area contributed by atoms with Gasteiger partial charge in [-0.05, 0) is 24.3 Å². The Kier molecular flexibility index (Phi) is 5.70. The maximum atomic E-state index is 12.3. The zero-order valence-electron chi connectivity index (χ0n) is 15.1. The number of hydrogen-bond acceptors (Lipinski definition) is 7. The molecular formula is C18H20N4O5. The summed E-state index contributed by atoms with van der Waals surface area (Å²) in [4.78, 5) is 28.3. The minimum atomic E-state index is -0.411. The Morgan fingerprint density at radius 2 is 1.89 bits per heavy atom. The largest absolute Gasteiger partial charge is 0.497 e. The van der Waals surface area contributed by atoms with Crippen LogP contribution in [0.15, 0.2) is 41.6 Å². The minimum absolute atomic E-state index is 0.0654. The highest BCUT2D eigenvalue weighted by Gasteiger charge is 2.10. The molecule has 9 heteroatoms. The number of nitrogens with zero attached hydrogens (tertiary/aromatic N) is 4. The van der Waals surface area contributed by atoms with Crippen molar-refractivity contribution >= 4 is 17.0 Å². The number of aryl methyl sites for hydroxylation is 2. The molecule has 0 aliphatic rings. The van der Waals surface area contributed by atoms with Crippen LogP contribution < -0.4 is 15.0 Å². The Labute approximate surface area is 155 Å². The van der Waals surface area contributed by atoms with Gasteiger partial charge >= 0.3 is 5.97 Å². The summed E-state index contributed by atoms with van der Waals surface area (Å²) in [5.41, 5.74) is 0.276. The Bertz CT molecular complexity index is 978. The van der Waals surface area contributed by atoms with Gasteiger partial charge in [-0.15, -0.1) is 0 Å². The zero-order chi connectivity index (χ0) is 19.2. The first-order valence-electron chi connectivity index (χ1n) is 8.38. The normalized spacial score (nSPS) is 10.7. The number of ether oxygens (including phenoxy) is 3. The van der Waals surface area contributed by atoms with Gasteiger partial charge in [-0.1, -0.05) is 0 Å². The molecule has 0 aliphatic heterocycles. The van der Waals surface area contributed by atoms with E-state index in [1.165, 1.54) is 21.8 Å². The Hall–Kier alpha value is -3.36. The Morgan fingerprint density at radius 3 is 2.63 bits per heavy atom. The molecule has 2 heterocycles. The number of carbonyl (C=O) groups excluding carboxylic acids is 1. The molecule has 0 radical (unpaired) electrons. The summed E-state index contributed by atoms with van der Waals surface area (Å²) in [6, 6.07) is 7.11. The first kappa shape index (κ1) is 18.4. The van der Waals surface area contributed by atoms with Crippen molar-refractivity contribution in [2.45, 2.75) is 13.0 Å². The van der Waals surface area contributed by atoms with Crippen LogP contribution in [0.25, 0.3) is 11.0 Å². The molecule has 0 bridgehead atoms. The van der Waals surface area contributed by atoms with Crippen LogP contribution in [0.3, 0.4) is 0 Å². The lowest BCUT2D eigenvalue weighted by Crippen LogP contribution is -2.23. The summed E-state index contributed by atoms with van der Waals surface area (Å²) in [6.07, 6.45) is 2.94. The van der Waals surface area contributed by atoms with Gasteiger partial charge in [0.2, 0.25) is 0 Å². The number of hydrogen-bond donors (Lipinski definition) is 0. The van der Waals surface area contributed by atoms with Crippen LogP contribution in [0.4, 0.5) is 0 Å². The molecule has 0 amide bonds. The maximum Gasteiger partial charge on any atom is 0.307 e. The summed E-state index contributed by atoms with van der Waals surface area (Å²) >= 11 is 0. The minimum Gasteiger partial charge on any atom is -0.497 e. The molecule has 3 rings (SSSR count). The topological polar surface area (TPSA) is 97.5 Å². The van der Waals surface area contributed by atoms with Crippen LogP contribution in [0.2, 0.25) is 0 Å². The summed E-state index contributed by atoms with van der Waals surface area (Å²) in [6.45, 7) is 0.551. The molecule has 0 spiro atoms. The van der Waals surface area contributed by atoms with Crippen LogP contribution in [0.1, 0.15) is 6.42 Å². The second kappa shape index (κ2) is 8.35. The molecular weight excluding hydrogens is 352 g/mol. The number of benzene rings is 1. The van der Waals surface area contributed by atoms with Crippen LogP contribution in [-0.4, -0.2) is 45.6 Å². The van der Waals surface area contributed by atoms with E-state index in [4.69, 9.17) is 14.2 Å². The number of esters is 1. The van der Waals surface area contributed by atoms with Crippen molar-refractivity contribution in [2.75, 3.05) is 20.3 Å². The Morgan fingerprint density at radius 1 is 1.15 bits per heavy atom. The van der Waals surface area contributed by atoms with Crippen molar-refractivity contribution in [1.82, 2.24) is 19.3 Å². The van der Waals surface area contributed by atoms with Crippen LogP contribution in [-0.2, 0) is 23.1 Å². The average Bonchev–Trinajstić information content (AvgIpc) is 3.07. The van der Waals surface area contributed by atoms with E-state index >= 15 is 0 Å². The SMILES string of the molecule is COc1ccc(OCCOC(=O)CCn2cnc3c(cnn3C)c2=O)cc1. The fraction of sp³-hybridized carbons (Fsp3) is 0.333. The smallest absolute Gasteiger partial charge is 0.307 e. The second-order valence-electron chi connectivity index (χ2n) is 5.74. The highest BCUT2D eigenvalue weighted by molar-refractivity contribution is 5.73. The average molecular weight is 372 g/mol. The third kappa shape index (κ3) is 4.43. The van der Waals surface area contributed by atoms with E-state index in [0.717, 1.165) is 5.75 Å². The van der Waals surface area contributed by atoms with Gasteiger partial charge in [-0.25, -0.2) is 4.98 Å². The first-order valence-corrected chi connectivity index (χ1v) is 8.38. The number of carbonyl (C=O) groups is 1. The lowest BCUT2D eigenvalue weighted by atomic mass is 10.3. The zero-order valence-corrected chi connectivity index (χ0v) is 15.1. The van der Waals surface area contributed by atoms with Gasteiger partial charge in [0.25, 0.3) is 5.56 Å². The van der Waals surface area contributed by atoms with Gasteiger partial charge in [-0.2, -0.15) is 5.10 Å². The van der Waals surface area contributed by atoms with Gasteiger partial charge in [0.05, 0.1) is 26.1 Å². The summed E-state index contributed by atoms with van der Waals surface area (Å²) in [5, 5.41) is 4.42. The fourth-order valence-corrected chi connectivity index (χ4v) is 2.50. The molecule has 0 fully saturated rings. The summed E-state index contributed by atoms with van der Waals surface area (Å²) in [7, 11) is 3.30. The van der Waals surface area contributed by atoms with Gasteiger partial charge in [0.1, 0.15) is 30.1 Å². The molecule has 0 aliphatic carbocycles. The van der Waals surface area contributed by atoms with E-state index < -0.39 is 5.97 Å². The van der Waals surface area contributed by atoms with Crippen molar-refractivity contribution in [1.29, 1.82) is 0 Å². The molecule has 0 atom stereocenters. The molecule has 1 aromatic carbocycles. The number of rotatable bonds is 8. The molecule has 0 saturated heterocycles. The van der Waals surface area contributed by atoms with Crippen LogP contribution >= 0.6 is 0 Å². The maximum absolute atomic E-state index is 12.3. The van der Waals surface area contributed by atoms with E-state index in [9.17, 15) is 9.59 Å². The van der Waals surface area contributed by atoms with Gasteiger partial charge in [-0.3, -0.25) is 18.8 Å². The number of aromatic nitrogens is 4. The van der Waals surface area contributed by atoms with E-state index in [1.54, 1.807) is 38.4 Å². The van der Waals surface area contributed by atoms with E-state index in [-0.39, 0.29) is 31.7 Å². The van der Waals surface area contributed by atoms with Crippen molar-refractivity contribution in [3.63, 3.8) is 0 Å². The van der Waals surface area contributed by atoms with Gasteiger partial charge in [0, 0.05) is 13.6 Å². The van der Waals surface area contributed by atoms with Gasteiger partial charge < -0.3 is 14.2 Å². The van der Waals surface area contributed by atoms with Crippen molar-refractivity contribution in [2.24, 2.45) is 7.05 Å². The molecule has 9 nitrogen and oxygen atoms in total. The second-order valence-corrected chi connectivity index (χ2v) is 5.74. The summed E-state index contributed by atoms with van der Waals surface area (Å²) < 4.78 is 18.6. The lowest BCUT2D eigenvalue weighted by molar-refractivity contribution is -0.144. The van der Waals surface area contributed by atoms with Crippen molar-refractivity contribution in [3.8, 4) is 11.5 Å². The molecule has 142 valence electrons. The molecule has 0 N–H and O–H groups in total. The lowest BCUT2D eigenvalue weighted by Gasteiger charge is -2.09. The Balaban J connectivity index is 1.43. The highest BCUT2D eigenvalue weighted by Crippen LogP contribution is 2.16. The van der Waals surface area contributed by atoms with Crippen molar-refractivity contribution < 1.29 is 19.0 Å². The van der Waals surface area contributed by atoms with Gasteiger partial charge in [0.15, 0.2) is 5.65 Å². The molecule has 0 saturated carbocycles. The standard InChI is InChI=1S/C18H20N4O5/c1-21-17-15(11-20-21)18(24)22(12-19-17)8-7-16(23)27-10-9-26-14-5-3-13(25-2)4-6-14/h3-6,11-12H,7-10H2,1-2H3. The third-order valence-corrected chi connectivity index (χ3v) is 3.95. The highest BCUT2D eigenvalue weighted by atomic mass is 16.6. The predicted molar refractivity (Wildman–Crippen MR) is 96.8 cm³/mol. The number of fused-ring (bicyclic) bond motifs is 1. The molecule has 27 heavy (non-hydrogen) atoms. The van der Waals surface area contributed by atoms with E-state index in [0.29, 0.717) is 16.8 Å². The van der Waals surface area contributed by atoms with E-state index in [2.05, 4.69) is 10.1 Å². The van der Waals surface area contributed by atoms with Crippen LogP contribution in [0, 0.1) is 0 Å². The monoisotopic (exact) mass is 372 g/mol. The molecule has 0 unspecified atom stereocenters. The number of methoxy groups -OCH3 is 1. The first-order chi connectivity index (χ1) is 13.1. The molecule has 3 aromatic rings. The fourth-order valence-electron chi connectivity index (χ4n) is 2.50. The predicted octanol–water partition coefficient (Wildman–Crippen LogP) is 1.15. The summed E-state index contributed by atoms with van der Waals surface area (Å²) in [5.74, 6) is 0.990.